The lowest BCUT2D eigenvalue weighted by Gasteiger charge is -2.12. The first kappa shape index (κ1) is 23.7. The Morgan fingerprint density at radius 2 is 1.02 bits per heavy atom. The molecule has 0 aliphatic heterocycles. The summed E-state index contributed by atoms with van der Waals surface area (Å²) < 4.78 is 0. The van der Waals surface area contributed by atoms with Crippen molar-refractivity contribution in [1.29, 1.82) is 0 Å². The number of rotatable bonds is 5. The molecule has 3 heteroatoms. The fourth-order valence-corrected chi connectivity index (χ4v) is 5.15. The van der Waals surface area contributed by atoms with Gasteiger partial charge in [-0.25, -0.2) is 9.97 Å². The molecule has 40 heavy (non-hydrogen) atoms. The van der Waals surface area contributed by atoms with Crippen LogP contribution < -0.4 is 0 Å². The minimum Gasteiger partial charge on any atom is -0.264 e. The Balaban J connectivity index is 1.34. The monoisotopic (exact) mass is 511 g/mol. The third kappa shape index (κ3) is 4.65. The quantitative estimate of drug-likeness (QED) is 0.231. The van der Waals surface area contributed by atoms with E-state index in [0.717, 1.165) is 33.6 Å². The van der Waals surface area contributed by atoms with Gasteiger partial charge in [0.25, 0.3) is 0 Å². The zero-order valence-corrected chi connectivity index (χ0v) is 21.8. The van der Waals surface area contributed by atoms with E-state index in [1.807, 2.05) is 24.4 Å². The van der Waals surface area contributed by atoms with Crippen LogP contribution in [0.15, 0.2) is 152 Å². The van der Waals surface area contributed by atoms with Crippen LogP contribution in [-0.4, -0.2) is 15.0 Å². The lowest BCUT2D eigenvalue weighted by molar-refractivity contribution is 1.17. The van der Waals surface area contributed by atoms with Crippen LogP contribution in [0.1, 0.15) is 0 Å². The average Bonchev–Trinajstić information content (AvgIpc) is 3.05. The highest BCUT2D eigenvalue weighted by Crippen LogP contribution is 2.33. The molecule has 0 aliphatic carbocycles. The lowest BCUT2D eigenvalue weighted by atomic mass is 9.96. The van der Waals surface area contributed by atoms with E-state index in [-0.39, 0.29) is 0 Å². The van der Waals surface area contributed by atoms with Gasteiger partial charge in [0.1, 0.15) is 0 Å². The van der Waals surface area contributed by atoms with Crippen molar-refractivity contribution in [2.45, 2.75) is 0 Å². The van der Waals surface area contributed by atoms with Crippen LogP contribution >= 0.6 is 0 Å². The second kappa shape index (κ2) is 10.4. The van der Waals surface area contributed by atoms with Gasteiger partial charge < -0.3 is 0 Å². The number of hydrogen-bond donors (Lipinski definition) is 0. The fraction of sp³-hybridized carbons (Fsp3) is 0. The van der Waals surface area contributed by atoms with E-state index in [1.165, 1.54) is 27.5 Å². The zero-order valence-electron chi connectivity index (χ0n) is 21.8. The highest BCUT2D eigenvalue weighted by atomic mass is 14.9. The van der Waals surface area contributed by atoms with Crippen molar-refractivity contribution >= 4 is 10.8 Å². The Morgan fingerprint density at radius 1 is 0.400 bits per heavy atom. The number of hydrogen-bond acceptors (Lipinski definition) is 3. The number of benzene rings is 5. The first-order valence-electron chi connectivity index (χ1n) is 13.4. The molecule has 2 aromatic heterocycles. The van der Waals surface area contributed by atoms with Crippen LogP contribution in [0.3, 0.4) is 0 Å². The molecule has 5 aromatic carbocycles. The minimum atomic E-state index is 0.656. The van der Waals surface area contributed by atoms with Crippen LogP contribution in [0.4, 0.5) is 0 Å². The molecule has 0 amide bonds. The van der Waals surface area contributed by atoms with Crippen LogP contribution in [0.25, 0.3) is 66.9 Å². The highest BCUT2D eigenvalue weighted by molar-refractivity contribution is 5.97. The Bertz CT molecular complexity index is 1920. The van der Waals surface area contributed by atoms with Crippen LogP contribution in [0.5, 0.6) is 0 Å². The van der Waals surface area contributed by atoms with E-state index in [4.69, 9.17) is 9.97 Å². The molecule has 0 radical (unpaired) electrons. The second-order valence-corrected chi connectivity index (χ2v) is 9.75. The molecular weight excluding hydrogens is 486 g/mol. The van der Waals surface area contributed by atoms with Gasteiger partial charge in [-0.3, -0.25) is 4.98 Å². The maximum atomic E-state index is 5.01. The van der Waals surface area contributed by atoms with Crippen molar-refractivity contribution < 1.29 is 0 Å². The summed E-state index contributed by atoms with van der Waals surface area (Å²) in [5, 5.41) is 2.47. The molecule has 0 spiro atoms. The van der Waals surface area contributed by atoms with Gasteiger partial charge in [-0.05, 0) is 57.3 Å². The van der Waals surface area contributed by atoms with E-state index >= 15 is 0 Å². The number of fused-ring (bicyclic) bond motifs is 1. The Labute approximate surface area is 233 Å². The van der Waals surface area contributed by atoms with E-state index < -0.39 is 0 Å². The van der Waals surface area contributed by atoms with Crippen molar-refractivity contribution in [2.75, 3.05) is 0 Å². The van der Waals surface area contributed by atoms with Gasteiger partial charge in [-0.1, -0.05) is 115 Å². The van der Waals surface area contributed by atoms with Gasteiger partial charge in [0, 0.05) is 29.1 Å². The summed E-state index contributed by atoms with van der Waals surface area (Å²) >= 11 is 0. The Kier molecular flexibility index (Phi) is 6.15. The molecule has 0 N–H and O–H groups in total. The summed E-state index contributed by atoms with van der Waals surface area (Å²) in [5.41, 5.74) is 9.45. The Morgan fingerprint density at radius 3 is 1.85 bits per heavy atom. The largest absolute Gasteiger partial charge is 0.264 e. The molecule has 3 nitrogen and oxygen atoms in total. The van der Waals surface area contributed by atoms with E-state index in [1.54, 1.807) is 6.20 Å². The second-order valence-electron chi connectivity index (χ2n) is 9.75. The molecular formula is C37H25N3. The van der Waals surface area contributed by atoms with Crippen molar-refractivity contribution in [3.05, 3.63) is 152 Å². The topological polar surface area (TPSA) is 38.7 Å². The first-order chi connectivity index (χ1) is 19.8. The molecule has 2 heterocycles. The van der Waals surface area contributed by atoms with Crippen molar-refractivity contribution in [2.24, 2.45) is 0 Å². The smallest absolute Gasteiger partial charge is 0.161 e. The molecule has 7 rings (SSSR count). The summed E-state index contributed by atoms with van der Waals surface area (Å²) in [7, 11) is 0. The lowest BCUT2D eigenvalue weighted by Crippen LogP contribution is -1.96. The maximum absolute atomic E-state index is 5.01. The summed E-state index contributed by atoms with van der Waals surface area (Å²) in [6, 6.07) is 48.6. The average molecular weight is 512 g/mol. The fourth-order valence-electron chi connectivity index (χ4n) is 5.15. The van der Waals surface area contributed by atoms with Crippen LogP contribution in [-0.2, 0) is 0 Å². The first-order valence-corrected chi connectivity index (χ1v) is 13.4. The number of aromatic nitrogens is 3. The van der Waals surface area contributed by atoms with Crippen molar-refractivity contribution in [3.63, 3.8) is 0 Å². The SMILES string of the molecule is c1ccc(-c2ccc(-c3cc(-c4cccc(-c5cccc6ccccc56)c4)nc(-c4cccnc4)n3)cc2)cc1. The summed E-state index contributed by atoms with van der Waals surface area (Å²) in [5.74, 6) is 0.656. The van der Waals surface area contributed by atoms with Crippen molar-refractivity contribution in [1.82, 2.24) is 15.0 Å². The van der Waals surface area contributed by atoms with Crippen LogP contribution in [0, 0.1) is 0 Å². The molecule has 0 saturated carbocycles. The molecule has 0 bridgehead atoms. The Hall–Kier alpha value is -5.41. The van der Waals surface area contributed by atoms with Crippen molar-refractivity contribution in [3.8, 4) is 56.2 Å². The van der Waals surface area contributed by atoms with Crippen LogP contribution in [0.2, 0.25) is 0 Å². The maximum Gasteiger partial charge on any atom is 0.161 e. The zero-order chi connectivity index (χ0) is 26.7. The normalized spacial score (nSPS) is 11.0. The predicted octanol–water partition coefficient (Wildman–Crippen LogP) is 9.36. The standard InChI is InChI=1S/C37H25N3/c1-2-9-26(10-3-1)27-18-20-29(21-19-27)35-24-36(40-37(39-35)32-15-8-22-38-25-32)31-14-6-13-30(23-31)34-17-7-12-28-11-4-5-16-33(28)34/h1-25H. The molecule has 0 atom stereocenters. The highest BCUT2D eigenvalue weighted by Gasteiger charge is 2.12. The third-order valence-corrected chi connectivity index (χ3v) is 7.19. The minimum absolute atomic E-state index is 0.656. The van der Waals surface area contributed by atoms with Gasteiger partial charge >= 0.3 is 0 Å². The van der Waals surface area contributed by atoms with E-state index in [0.29, 0.717) is 5.82 Å². The molecule has 0 fully saturated rings. The van der Waals surface area contributed by atoms with Gasteiger partial charge in [0.2, 0.25) is 0 Å². The molecule has 0 saturated heterocycles. The summed E-state index contributed by atoms with van der Waals surface area (Å²) in [6.07, 6.45) is 3.58. The molecule has 188 valence electrons. The van der Waals surface area contributed by atoms with Gasteiger partial charge in [0.15, 0.2) is 5.82 Å². The number of pyridine rings is 1. The van der Waals surface area contributed by atoms with E-state index in [2.05, 4.69) is 126 Å². The summed E-state index contributed by atoms with van der Waals surface area (Å²) in [4.78, 5) is 14.3. The molecule has 0 unspecified atom stereocenters. The number of nitrogens with zero attached hydrogens (tertiary/aromatic N) is 3. The molecule has 0 aliphatic rings. The van der Waals surface area contributed by atoms with Gasteiger partial charge in [-0.2, -0.15) is 0 Å². The van der Waals surface area contributed by atoms with Gasteiger partial charge in [-0.15, -0.1) is 0 Å². The van der Waals surface area contributed by atoms with Gasteiger partial charge in [0.05, 0.1) is 11.4 Å². The summed E-state index contributed by atoms with van der Waals surface area (Å²) in [6.45, 7) is 0. The predicted molar refractivity (Wildman–Crippen MR) is 165 cm³/mol. The molecule has 7 aromatic rings. The van der Waals surface area contributed by atoms with E-state index in [9.17, 15) is 0 Å². The third-order valence-electron chi connectivity index (χ3n) is 7.19.